The molecule has 2 aromatic rings. The Morgan fingerprint density at radius 1 is 1.20 bits per heavy atom. The molecule has 3 rings (SSSR count). The van der Waals surface area contributed by atoms with Crippen LogP contribution >= 0.6 is 15.9 Å². The van der Waals surface area contributed by atoms with Crippen LogP contribution in [-0.2, 0) is 9.59 Å². The number of rotatable bonds is 5. The van der Waals surface area contributed by atoms with E-state index >= 15 is 0 Å². The summed E-state index contributed by atoms with van der Waals surface area (Å²) in [4.78, 5) is 26.6. The Morgan fingerprint density at radius 3 is 2.60 bits per heavy atom. The number of anilines is 1. The van der Waals surface area contributed by atoms with Gasteiger partial charge in [0.2, 0.25) is 11.8 Å². The van der Waals surface area contributed by atoms with Gasteiger partial charge in [-0.25, -0.2) is 0 Å². The van der Waals surface area contributed by atoms with Crippen LogP contribution in [0.15, 0.2) is 59.1 Å². The van der Waals surface area contributed by atoms with Crippen LogP contribution in [0.2, 0.25) is 0 Å². The zero-order chi connectivity index (χ0) is 17.8. The molecule has 2 aromatic carbocycles. The van der Waals surface area contributed by atoms with E-state index in [4.69, 9.17) is 0 Å². The van der Waals surface area contributed by atoms with Gasteiger partial charge in [0.15, 0.2) is 0 Å². The molecule has 0 aliphatic carbocycles. The van der Waals surface area contributed by atoms with Gasteiger partial charge in [-0.2, -0.15) is 0 Å². The van der Waals surface area contributed by atoms with Gasteiger partial charge in [0, 0.05) is 17.6 Å². The fraction of sp³-hybridized carbons (Fsp3) is 0.263. The number of aliphatic hydroxyl groups excluding tert-OH is 1. The van der Waals surface area contributed by atoms with Gasteiger partial charge in [-0.15, -0.1) is 0 Å². The highest BCUT2D eigenvalue weighted by molar-refractivity contribution is 9.10. The lowest BCUT2D eigenvalue weighted by atomic mass is 10.1. The molecule has 2 atom stereocenters. The Labute approximate surface area is 154 Å². The largest absolute Gasteiger partial charge is 0.387 e. The second-order valence-electron chi connectivity index (χ2n) is 5.95. The molecule has 6 heteroatoms. The number of carbonyl (C=O) groups excluding carboxylic acids is 2. The maximum absolute atomic E-state index is 12.6. The molecule has 0 bridgehead atoms. The van der Waals surface area contributed by atoms with Crippen LogP contribution in [0.4, 0.5) is 5.69 Å². The quantitative estimate of drug-likeness (QED) is 0.755. The topological polar surface area (TPSA) is 69.6 Å². The number of para-hydroxylation sites is 1. The van der Waals surface area contributed by atoms with E-state index in [2.05, 4.69) is 21.2 Å². The third-order valence-electron chi connectivity index (χ3n) is 4.32. The van der Waals surface area contributed by atoms with Gasteiger partial charge < -0.3 is 15.3 Å². The van der Waals surface area contributed by atoms with Crippen molar-refractivity contribution >= 4 is 33.4 Å². The van der Waals surface area contributed by atoms with Gasteiger partial charge in [0.05, 0.1) is 11.8 Å². The molecule has 1 saturated heterocycles. The predicted molar refractivity (Wildman–Crippen MR) is 99.0 cm³/mol. The maximum atomic E-state index is 12.6. The van der Waals surface area contributed by atoms with E-state index in [9.17, 15) is 14.7 Å². The summed E-state index contributed by atoms with van der Waals surface area (Å²) >= 11 is 3.44. The van der Waals surface area contributed by atoms with Gasteiger partial charge in [-0.1, -0.05) is 42.5 Å². The fourth-order valence-corrected chi connectivity index (χ4v) is 3.45. The Hall–Kier alpha value is -2.18. The predicted octanol–water partition coefficient (Wildman–Crippen LogP) is 2.65. The van der Waals surface area contributed by atoms with E-state index in [0.29, 0.717) is 13.0 Å². The minimum Gasteiger partial charge on any atom is -0.387 e. The summed E-state index contributed by atoms with van der Waals surface area (Å²) in [5.41, 5.74) is 1.50. The molecule has 1 heterocycles. The minimum atomic E-state index is -0.791. The number of amides is 2. The van der Waals surface area contributed by atoms with Crippen molar-refractivity contribution in [3.8, 4) is 0 Å². The molecule has 2 unspecified atom stereocenters. The second kappa shape index (κ2) is 7.80. The monoisotopic (exact) mass is 402 g/mol. The average Bonchev–Trinajstić information content (AvgIpc) is 3.02. The van der Waals surface area contributed by atoms with Gasteiger partial charge in [0.1, 0.15) is 5.92 Å². The maximum Gasteiger partial charge on any atom is 0.239 e. The molecule has 0 saturated carbocycles. The summed E-state index contributed by atoms with van der Waals surface area (Å²) < 4.78 is 0.823. The molecule has 1 fully saturated rings. The Morgan fingerprint density at radius 2 is 1.88 bits per heavy atom. The van der Waals surface area contributed by atoms with E-state index in [1.54, 1.807) is 17.0 Å². The number of hydrogen-bond donors (Lipinski definition) is 2. The number of nitrogens with one attached hydrogen (secondary N) is 1. The molecule has 1 aliphatic heterocycles. The number of aliphatic hydroxyl groups is 1. The van der Waals surface area contributed by atoms with Gasteiger partial charge in [-0.3, -0.25) is 9.59 Å². The Bertz CT molecular complexity index is 766. The number of nitrogens with zero attached hydrogens (tertiary/aromatic N) is 1. The summed E-state index contributed by atoms with van der Waals surface area (Å²) in [6.45, 7) is 0.586. The molecule has 130 valence electrons. The van der Waals surface area contributed by atoms with Crippen molar-refractivity contribution in [3.05, 3.63) is 64.6 Å². The SMILES string of the molecule is O=C(NCC(O)c1ccccc1)C1CCN(c2ccccc2Br)C1=O. The first-order chi connectivity index (χ1) is 12.1. The molecular weight excluding hydrogens is 384 g/mol. The van der Waals surface area contributed by atoms with Crippen molar-refractivity contribution in [2.75, 3.05) is 18.0 Å². The average molecular weight is 403 g/mol. The molecule has 25 heavy (non-hydrogen) atoms. The number of carbonyl (C=O) groups is 2. The smallest absolute Gasteiger partial charge is 0.239 e. The lowest BCUT2D eigenvalue weighted by Crippen LogP contribution is -2.38. The summed E-state index contributed by atoms with van der Waals surface area (Å²) in [5, 5.41) is 12.8. The van der Waals surface area contributed by atoms with Crippen molar-refractivity contribution in [2.24, 2.45) is 5.92 Å². The zero-order valence-electron chi connectivity index (χ0n) is 13.6. The first-order valence-electron chi connectivity index (χ1n) is 8.14. The lowest BCUT2D eigenvalue weighted by Gasteiger charge is -2.18. The molecule has 2 amide bonds. The van der Waals surface area contributed by atoms with Crippen LogP contribution in [0.3, 0.4) is 0 Å². The van der Waals surface area contributed by atoms with E-state index < -0.39 is 12.0 Å². The van der Waals surface area contributed by atoms with E-state index in [1.807, 2.05) is 42.5 Å². The van der Waals surface area contributed by atoms with Crippen LogP contribution in [-0.4, -0.2) is 30.0 Å². The van der Waals surface area contributed by atoms with Crippen molar-refractivity contribution in [3.63, 3.8) is 0 Å². The number of benzene rings is 2. The summed E-state index contributed by atoms with van der Waals surface area (Å²) in [6, 6.07) is 16.6. The summed E-state index contributed by atoms with van der Waals surface area (Å²) in [7, 11) is 0. The lowest BCUT2D eigenvalue weighted by molar-refractivity contribution is -0.132. The summed E-state index contributed by atoms with van der Waals surface area (Å²) in [6.07, 6.45) is -0.325. The molecule has 0 radical (unpaired) electrons. The standard InChI is InChI=1S/C19H19BrN2O3/c20-15-8-4-5-9-16(15)22-11-10-14(19(22)25)18(24)21-12-17(23)13-6-2-1-3-7-13/h1-9,14,17,23H,10-12H2,(H,21,24). The van der Waals surface area contributed by atoms with E-state index in [-0.39, 0.29) is 18.4 Å². The highest BCUT2D eigenvalue weighted by Crippen LogP contribution is 2.31. The Balaban J connectivity index is 1.60. The van der Waals surface area contributed by atoms with Gasteiger partial charge >= 0.3 is 0 Å². The first-order valence-corrected chi connectivity index (χ1v) is 8.94. The van der Waals surface area contributed by atoms with Crippen molar-refractivity contribution < 1.29 is 14.7 Å². The van der Waals surface area contributed by atoms with Gasteiger partial charge in [0.25, 0.3) is 0 Å². The Kier molecular flexibility index (Phi) is 5.50. The van der Waals surface area contributed by atoms with Crippen LogP contribution in [0.25, 0.3) is 0 Å². The summed E-state index contributed by atoms with van der Waals surface area (Å²) in [5.74, 6) is -1.26. The first kappa shape index (κ1) is 17.6. The number of hydrogen-bond acceptors (Lipinski definition) is 3. The molecular formula is C19H19BrN2O3. The van der Waals surface area contributed by atoms with Crippen LogP contribution in [0.1, 0.15) is 18.1 Å². The van der Waals surface area contributed by atoms with E-state index in [1.165, 1.54) is 0 Å². The second-order valence-corrected chi connectivity index (χ2v) is 6.81. The third-order valence-corrected chi connectivity index (χ3v) is 4.99. The molecule has 5 nitrogen and oxygen atoms in total. The molecule has 0 aromatic heterocycles. The minimum absolute atomic E-state index is 0.0850. The fourth-order valence-electron chi connectivity index (χ4n) is 2.95. The van der Waals surface area contributed by atoms with Crippen LogP contribution in [0.5, 0.6) is 0 Å². The number of halogens is 1. The highest BCUT2D eigenvalue weighted by Gasteiger charge is 2.38. The van der Waals surface area contributed by atoms with Crippen LogP contribution < -0.4 is 10.2 Å². The van der Waals surface area contributed by atoms with Crippen molar-refractivity contribution in [1.82, 2.24) is 5.32 Å². The zero-order valence-corrected chi connectivity index (χ0v) is 15.1. The van der Waals surface area contributed by atoms with Crippen molar-refractivity contribution in [1.29, 1.82) is 0 Å². The third kappa shape index (κ3) is 3.91. The van der Waals surface area contributed by atoms with Crippen LogP contribution in [0, 0.1) is 5.92 Å². The highest BCUT2D eigenvalue weighted by atomic mass is 79.9. The van der Waals surface area contributed by atoms with Crippen molar-refractivity contribution in [2.45, 2.75) is 12.5 Å². The normalized spacial score (nSPS) is 18.2. The molecule has 1 aliphatic rings. The molecule has 2 N–H and O–H groups in total. The van der Waals surface area contributed by atoms with E-state index in [0.717, 1.165) is 15.7 Å². The van der Waals surface area contributed by atoms with Gasteiger partial charge in [-0.05, 0) is 40.0 Å². The molecule has 0 spiro atoms.